The van der Waals surface area contributed by atoms with Gasteiger partial charge in [-0.15, -0.1) is 11.3 Å². The third kappa shape index (κ3) is 4.83. The molecule has 0 amide bonds. The highest BCUT2D eigenvalue weighted by molar-refractivity contribution is 7.14. The predicted molar refractivity (Wildman–Crippen MR) is 93.7 cm³/mol. The van der Waals surface area contributed by atoms with Crippen molar-refractivity contribution in [3.05, 3.63) is 41.3 Å². The number of hydrogen-bond donors (Lipinski definition) is 2. The van der Waals surface area contributed by atoms with Crippen molar-refractivity contribution in [3.8, 4) is 16.2 Å². The van der Waals surface area contributed by atoms with Crippen molar-refractivity contribution in [2.24, 2.45) is 0 Å². The molecule has 0 spiro atoms. The van der Waals surface area contributed by atoms with Gasteiger partial charge >= 0.3 is 0 Å². The smallest absolute Gasteiger partial charge is 0.133 e. The van der Waals surface area contributed by atoms with Crippen LogP contribution in [0.1, 0.15) is 26.3 Å². The third-order valence-corrected chi connectivity index (χ3v) is 4.44. The van der Waals surface area contributed by atoms with E-state index >= 15 is 0 Å². The summed E-state index contributed by atoms with van der Waals surface area (Å²) in [5.41, 5.74) is 2.33. The zero-order valence-electron chi connectivity index (χ0n) is 13.7. The van der Waals surface area contributed by atoms with Gasteiger partial charge in [0.25, 0.3) is 0 Å². The first kappa shape index (κ1) is 17.0. The molecule has 0 saturated carbocycles. The van der Waals surface area contributed by atoms with Gasteiger partial charge in [0.2, 0.25) is 0 Å². The summed E-state index contributed by atoms with van der Waals surface area (Å²) in [5.74, 6) is 0.860. The van der Waals surface area contributed by atoms with E-state index in [0.717, 1.165) is 11.3 Å². The Bertz CT molecular complexity index is 587. The minimum atomic E-state index is -0.515. The molecule has 1 aromatic carbocycles. The molecule has 0 saturated heterocycles. The summed E-state index contributed by atoms with van der Waals surface area (Å²) in [6.45, 7) is 9.13. The van der Waals surface area contributed by atoms with E-state index in [1.54, 1.807) is 11.3 Å². The van der Waals surface area contributed by atoms with Crippen molar-refractivity contribution in [3.63, 3.8) is 0 Å². The van der Waals surface area contributed by atoms with Crippen LogP contribution in [0.5, 0.6) is 5.75 Å². The molecule has 0 aliphatic rings. The molecule has 0 fully saturated rings. The fraction of sp³-hybridized carbons (Fsp3) is 0.444. The number of thiophene rings is 1. The fourth-order valence-corrected chi connectivity index (χ4v) is 3.11. The van der Waals surface area contributed by atoms with Gasteiger partial charge in [-0.05, 0) is 33.3 Å². The molecule has 1 aromatic heterocycles. The van der Waals surface area contributed by atoms with Crippen LogP contribution >= 0.6 is 11.3 Å². The number of aliphatic hydroxyl groups excluding tert-OH is 1. The zero-order valence-corrected chi connectivity index (χ0v) is 14.5. The van der Waals surface area contributed by atoms with E-state index in [0.29, 0.717) is 13.2 Å². The van der Waals surface area contributed by atoms with Gasteiger partial charge < -0.3 is 15.2 Å². The molecule has 2 rings (SSSR count). The van der Waals surface area contributed by atoms with E-state index in [1.807, 2.05) is 23.6 Å². The van der Waals surface area contributed by atoms with Crippen LogP contribution < -0.4 is 10.1 Å². The minimum absolute atomic E-state index is 0.000242. The minimum Gasteiger partial charge on any atom is -0.490 e. The maximum absolute atomic E-state index is 10.0. The number of aliphatic hydroxyl groups is 1. The van der Waals surface area contributed by atoms with Gasteiger partial charge in [-0.1, -0.05) is 30.3 Å². The molecule has 120 valence electrons. The normalized spacial score (nSPS) is 13.1. The molecule has 0 aliphatic carbocycles. The highest BCUT2D eigenvalue weighted by Gasteiger charge is 2.15. The number of rotatable bonds is 6. The second-order valence-corrected chi connectivity index (χ2v) is 7.40. The second kappa shape index (κ2) is 7.27. The standard InChI is InChI=1S/C18H25NO2S/c1-13-16(21-11-15(20)10-19-18(2,3)4)12-22-17(13)14-8-6-5-7-9-14/h5-9,12,15,19-20H,10-11H2,1-4H3. The molecular formula is C18H25NO2S. The number of hydrogen-bond acceptors (Lipinski definition) is 4. The molecule has 1 heterocycles. The lowest BCUT2D eigenvalue weighted by molar-refractivity contribution is 0.1000. The largest absolute Gasteiger partial charge is 0.490 e. The highest BCUT2D eigenvalue weighted by atomic mass is 32.1. The average Bonchev–Trinajstić information content (AvgIpc) is 2.84. The molecular weight excluding hydrogens is 294 g/mol. The quantitative estimate of drug-likeness (QED) is 0.850. The lowest BCUT2D eigenvalue weighted by atomic mass is 10.1. The summed E-state index contributed by atoms with van der Waals surface area (Å²) in [6, 6.07) is 10.3. The van der Waals surface area contributed by atoms with Crippen LogP contribution in [0.3, 0.4) is 0 Å². The van der Waals surface area contributed by atoms with Gasteiger partial charge in [0.1, 0.15) is 18.5 Å². The molecule has 4 heteroatoms. The van der Waals surface area contributed by atoms with Crippen LogP contribution in [0, 0.1) is 6.92 Å². The lowest BCUT2D eigenvalue weighted by Crippen LogP contribution is -2.42. The van der Waals surface area contributed by atoms with Gasteiger partial charge in [-0.3, -0.25) is 0 Å². The Hall–Kier alpha value is -1.36. The van der Waals surface area contributed by atoms with Crippen molar-refractivity contribution in [1.29, 1.82) is 0 Å². The van der Waals surface area contributed by atoms with Gasteiger partial charge in [0.15, 0.2) is 0 Å². The summed E-state index contributed by atoms with van der Waals surface area (Å²) < 4.78 is 5.79. The summed E-state index contributed by atoms with van der Waals surface area (Å²) >= 11 is 1.68. The van der Waals surface area contributed by atoms with Crippen molar-refractivity contribution in [1.82, 2.24) is 5.32 Å². The van der Waals surface area contributed by atoms with E-state index in [9.17, 15) is 5.11 Å². The number of benzene rings is 1. The topological polar surface area (TPSA) is 41.5 Å². The number of ether oxygens (including phenoxy) is 1. The van der Waals surface area contributed by atoms with Gasteiger partial charge in [0.05, 0.1) is 0 Å². The Morgan fingerprint density at radius 1 is 1.23 bits per heavy atom. The summed E-state index contributed by atoms with van der Waals surface area (Å²) in [5, 5.41) is 15.3. The number of nitrogens with one attached hydrogen (secondary N) is 1. The van der Waals surface area contributed by atoms with Gasteiger partial charge in [-0.25, -0.2) is 0 Å². The first-order chi connectivity index (χ1) is 10.4. The summed E-state index contributed by atoms with van der Waals surface area (Å²) in [6.07, 6.45) is -0.515. The van der Waals surface area contributed by atoms with Crippen LogP contribution in [-0.2, 0) is 0 Å². The van der Waals surface area contributed by atoms with E-state index in [1.165, 1.54) is 10.4 Å². The van der Waals surface area contributed by atoms with Crippen LogP contribution in [0.25, 0.3) is 10.4 Å². The van der Waals surface area contributed by atoms with E-state index in [2.05, 4.69) is 45.1 Å². The van der Waals surface area contributed by atoms with Crippen molar-refractivity contribution >= 4 is 11.3 Å². The summed E-state index contributed by atoms with van der Waals surface area (Å²) in [4.78, 5) is 1.22. The lowest BCUT2D eigenvalue weighted by Gasteiger charge is -2.22. The van der Waals surface area contributed by atoms with Crippen LogP contribution in [0.4, 0.5) is 0 Å². The molecule has 0 radical (unpaired) electrons. The Morgan fingerprint density at radius 3 is 2.55 bits per heavy atom. The van der Waals surface area contributed by atoms with E-state index in [-0.39, 0.29) is 5.54 Å². The van der Waals surface area contributed by atoms with E-state index in [4.69, 9.17) is 4.74 Å². The summed E-state index contributed by atoms with van der Waals surface area (Å²) in [7, 11) is 0. The predicted octanol–water partition coefficient (Wildman–Crippen LogP) is 3.85. The molecule has 0 aliphatic heterocycles. The van der Waals surface area contributed by atoms with Gasteiger partial charge in [-0.2, -0.15) is 0 Å². The first-order valence-electron chi connectivity index (χ1n) is 7.56. The number of β-amino-alcohol motifs (C(OH)–C–C–N with tert-alkyl or cyclic N) is 1. The van der Waals surface area contributed by atoms with Crippen molar-refractivity contribution in [2.75, 3.05) is 13.2 Å². The Balaban J connectivity index is 1.93. The van der Waals surface area contributed by atoms with Crippen LogP contribution in [-0.4, -0.2) is 29.9 Å². The SMILES string of the molecule is Cc1c(OCC(O)CNC(C)(C)C)csc1-c1ccccc1. The molecule has 22 heavy (non-hydrogen) atoms. The maximum Gasteiger partial charge on any atom is 0.133 e. The van der Waals surface area contributed by atoms with Crippen LogP contribution in [0.2, 0.25) is 0 Å². The van der Waals surface area contributed by atoms with Gasteiger partial charge in [0, 0.05) is 27.9 Å². The second-order valence-electron chi connectivity index (χ2n) is 6.52. The molecule has 2 aromatic rings. The van der Waals surface area contributed by atoms with Crippen molar-refractivity contribution < 1.29 is 9.84 Å². The fourth-order valence-electron chi connectivity index (χ4n) is 2.09. The van der Waals surface area contributed by atoms with Crippen LogP contribution in [0.15, 0.2) is 35.7 Å². The molecule has 0 bridgehead atoms. The third-order valence-electron chi connectivity index (χ3n) is 3.33. The molecule has 2 N–H and O–H groups in total. The Morgan fingerprint density at radius 2 is 1.91 bits per heavy atom. The Kier molecular flexibility index (Phi) is 5.62. The average molecular weight is 319 g/mol. The monoisotopic (exact) mass is 319 g/mol. The highest BCUT2D eigenvalue weighted by Crippen LogP contribution is 2.36. The zero-order chi connectivity index (χ0) is 16.2. The Labute approximate surface area is 137 Å². The molecule has 1 atom stereocenters. The molecule has 1 unspecified atom stereocenters. The van der Waals surface area contributed by atoms with E-state index < -0.39 is 6.10 Å². The first-order valence-corrected chi connectivity index (χ1v) is 8.44. The maximum atomic E-state index is 10.0. The molecule has 3 nitrogen and oxygen atoms in total. The van der Waals surface area contributed by atoms with Crippen molar-refractivity contribution in [2.45, 2.75) is 39.3 Å².